The second kappa shape index (κ2) is 6.37. The van der Waals surface area contributed by atoms with E-state index in [1.807, 2.05) is 0 Å². The molecule has 7 heteroatoms. The maximum Gasteiger partial charge on any atom is 0.239 e. The van der Waals surface area contributed by atoms with E-state index in [9.17, 15) is 13.2 Å². The maximum atomic E-state index is 12.9. The number of benzene rings is 1. The first kappa shape index (κ1) is 17.0. The number of rotatable bonds is 6. The van der Waals surface area contributed by atoms with Crippen molar-refractivity contribution in [2.45, 2.75) is 23.0 Å². The number of nitrogens with two attached hydrogens (primary N) is 1. The molecule has 1 aromatic carbocycles. The molecule has 0 aliphatic carbocycles. The van der Waals surface area contributed by atoms with Gasteiger partial charge in [-0.1, -0.05) is 6.07 Å². The van der Waals surface area contributed by atoms with Gasteiger partial charge in [-0.25, -0.2) is 8.42 Å². The van der Waals surface area contributed by atoms with Gasteiger partial charge in [0, 0.05) is 18.8 Å². The molecule has 1 unspecified atom stereocenters. The van der Waals surface area contributed by atoms with Crippen LogP contribution in [0.2, 0.25) is 0 Å². The number of sulfone groups is 1. The van der Waals surface area contributed by atoms with E-state index in [0.29, 0.717) is 11.3 Å². The zero-order valence-electron chi connectivity index (χ0n) is 12.9. The zero-order chi connectivity index (χ0) is 17.1. The molecule has 0 fully saturated rings. The fraction of sp³-hybridized carbons (Fsp3) is 0.250. The molecule has 0 saturated heterocycles. The van der Waals surface area contributed by atoms with E-state index < -0.39 is 20.5 Å². The second-order valence-electron chi connectivity index (χ2n) is 5.31. The Morgan fingerprint density at radius 3 is 2.39 bits per heavy atom. The van der Waals surface area contributed by atoms with Crippen molar-refractivity contribution in [1.29, 1.82) is 0 Å². The Morgan fingerprint density at radius 2 is 1.91 bits per heavy atom. The number of nitrogens with zero attached hydrogens (tertiary/aromatic N) is 1. The number of carbonyl (C=O) groups is 1. The third-order valence-electron chi connectivity index (χ3n) is 3.75. The fourth-order valence-electron chi connectivity index (χ4n) is 2.22. The quantitative estimate of drug-likeness (QED) is 0.859. The number of hydrogen-bond donors (Lipinski definition) is 1. The maximum absolute atomic E-state index is 12.9. The molecule has 0 bridgehead atoms. The van der Waals surface area contributed by atoms with Crippen LogP contribution in [-0.2, 0) is 21.1 Å². The molecule has 122 valence electrons. The van der Waals surface area contributed by atoms with Crippen LogP contribution in [-0.4, -0.2) is 31.2 Å². The number of methoxy groups -OCH3 is 1. The Balaban J connectivity index is 2.47. The predicted molar refractivity (Wildman–Crippen MR) is 85.7 cm³/mol. The standard InChI is InChI=1S/C16H18N2O4S/c1-16(15(17)19,10-12-4-3-9-18-11-12)23(20,21)14-7-5-13(22-2)6-8-14/h3-9,11H,10H2,1-2H3,(H2,17,19). The summed E-state index contributed by atoms with van der Waals surface area (Å²) in [4.78, 5) is 15.9. The molecule has 2 N–H and O–H groups in total. The Hall–Kier alpha value is -2.41. The van der Waals surface area contributed by atoms with Crippen LogP contribution in [0, 0.1) is 0 Å². The summed E-state index contributed by atoms with van der Waals surface area (Å²) < 4.78 is 29.1. The Kier molecular flexibility index (Phi) is 4.70. The molecule has 1 aromatic heterocycles. The predicted octanol–water partition coefficient (Wildman–Crippen LogP) is 1.35. The number of pyridine rings is 1. The van der Waals surface area contributed by atoms with Gasteiger partial charge in [0.2, 0.25) is 5.91 Å². The van der Waals surface area contributed by atoms with E-state index in [0.717, 1.165) is 0 Å². The topological polar surface area (TPSA) is 99.3 Å². The van der Waals surface area contributed by atoms with Gasteiger partial charge in [-0.05, 0) is 42.8 Å². The van der Waals surface area contributed by atoms with Gasteiger partial charge in [-0.3, -0.25) is 9.78 Å². The van der Waals surface area contributed by atoms with Crippen LogP contribution < -0.4 is 10.5 Å². The lowest BCUT2D eigenvalue weighted by atomic mass is 10.0. The summed E-state index contributed by atoms with van der Waals surface area (Å²) in [6, 6.07) is 9.24. The Bertz CT molecular complexity index is 789. The summed E-state index contributed by atoms with van der Waals surface area (Å²) in [6.45, 7) is 1.34. The summed E-state index contributed by atoms with van der Waals surface area (Å²) in [6.07, 6.45) is 3.04. The highest BCUT2D eigenvalue weighted by Gasteiger charge is 2.46. The van der Waals surface area contributed by atoms with Crippen molar-refractivity contribution < 1.29 is 17.9 Å². The SMILES string of the molecule is COc1ccc(S(=O)(=O)C(C)(Cc2cccnc2)C(N)=O)cc1. The average molecular weight is 334 g/mol. The molecule has 1 atom stereocenters. The van der Waals surface area contributed by atoms with E-state index in [-0.39, 0.29) is 11.3 Å². The molecule has 6 nitrogen and oxygen atoms in total. The minimum Gasteiger partial charge on any atom is -0.497 e. The van der Waals surface area contributed by atoms with Gasteiger partial charge >= 0.3 is 0 Å². The highest BCUT2D eigenvalue weighted by molar-refractivity contribution is 7.93. The number of carbonyl (C=O) groups excluding carboxylic acids is 1. The third kappa shape index (κ3) is 3.19. The van der Waals surface area contributed by atoms with Gasteiger partial charge in [0.25, 0.3) is 0 Å². The van der Waals surface area contributed by atoms with Crippen molar-refractivity contribution >= 4 is 15.7 Å². The van der Waals surface area contributed by atoms with E-state index in [1.54, 1.807) is 18.3 Å². The van der Waals surface area contributed by atoms with Crippen molar-refractivity contribution in [2.24, 2.45) is 5.73 Å². The molecule has 0 aliphatic heterocycles. The highest BCUT2D eigenvalue weighted by atomic mass is 32.2. The van der Waals surface area contributed by atoms with Crippen LogP contribution in [0.5, 0.6) is 5.75 Å². The number of hydrogen-bond acceptors (Lipinski definition) is 5. The van der Waals surface area contributed by atoms with Crippen LogP contribution in [0.3, 0.4) is 0 Å². The van der Waals surface area contributed by atoms with Crippen LogP contribution in [0.4, 0.5) is 0 Å². The Labute approximate surface area is 135 Å². The smallest absolute Gasteiger partial charge is 0.239 e. The van der Waals surface area contributed by atoms with Gasteiger partial charge in [0.1, 0.15) is 5.75 Å². The third-order valence-corrected chi connectivity index (χ3v) is 6.17. The van der Waals surface area contributed by atoms with Crippen molar-refractivity contribution in [1.82, 2.24) is 4.98 Å². The first-order valence-electron chi connectivity index (χ1n) is 6.89. The van der Waals surface area contributed by atoms with Gasteiger partial charge in [-0.2, -0.15) is 0 Å². The minimum absolute atomic E-state index is 0.0171. The molecule has 0 spiro atoms. The van der Waals surface area contributed by atoms with Crippen LogP contribution >= 0.6 is 0 Å². The zero-order valence-corrected chi connectivity index (χ0v) is 13.7. The molecular formula is C16H18N2O4S. The molecule has 1 heterocycles. The summed E-state index contributed by atoms with van der Waals surface area (Å²) in [5, 5.41) is 0. The lowest BCUT2D eigenvalue weighted by Crippen LogP contribution is -2.49. The molecule has 0 aliphatic rings. The average Bonchev–Trinajstić information content (AvgIpc) is 2.55. The highest BCUT2D eigenvalue weighted by Crippen LogP contribution is 2.30. The summed E-state index contributed by atoms with van der Waals surface area (Å²) >= 11 is 0. The first-order valence-corrected chi connectivity index (χ1v) is 8.37. The van der Waals surface area contributed by atoms with E-state index >= 15 is 0 Å². The van der Waals surface area contributed by atoms with Gasteiger partial charge in [0.05, 0.1) is 12.0 Å². The summed E-state index contributed by atoms with van der Waals surface area (Å²) in [7, 11) is -2.50. The van der Waals surface area contributed by atoms with Crippen molar-refractivity contribution in [3.8, 4) is 5.75 Å². The van der Waals surface area contributed by atoms with Gasteiger partial charge < -0.3 is 10.5 Å². The molecule has 23 heavy (non-hydrogen) atoms. The second-order valence-corrected chi connectivity index (χ2v) is 7.69. The lowest BCUT2D eigenvalue weighted by molar-refractivity contribution is -0.120. The lowest BCUT2D eigenvalue weighted by Gasteiger charge is -2.26. The molecule has 2 rings (SSSR count). The normalized spacial score (nSPS) is 14.0. The van der Waals surface area contributed by atoms with Gasteiger partial charge in [0.15, 0.2) is 14.6 Å². The van der Waals surface area contributed by atoms with Crippen LogP contribution in [0.25, 0.3) is 0 Å². The Morgan fingerprint density at radius 1 is 1.26 bits per heavy atom. The van der Waals surface area contributed by atoms with Gasteiger partial charge in [-0.15, -0.1) is 0 Å². The van der Waals surface area contributed by atoms with Crippen molar-refractivity contribution in [3.05, 3.63) is 54.4 Å². The fourth-order valence-corrected chi connectivity index (χ4v) is 3.86. The van der Waals surface area contributed by atoms with E-state index in [1.165, 1.54) is 44.5 Å². The monoisotopic (exact) mass is 334 g/mol. The molecular weight excluding hydrogens is 316 g/mol. The van der Waals surface area contributed by atoms with E-state index in [2.05, 4.69) is 4.98 Å². The molecule has 2 aromatic rings. The molecule has 1 amide bonds. The number of amides is 1. The van der Waals surface area contributed by atoms with Crippen molar-refractivity contribution in [2.75, 3.05) is 7.11 Å². The van der Waals surface area contributed by atoms with Crippen LogP contribution in [0.1, 0.15) is 12.5 Å². The molecule has 0 saturated carbocycles. The van der Waals surface area contributed by atoms with Crippen LogP contribution in [0.15, 0.2) is 53.7 Å². The number of primary amides is 1. The van der Waals surface area contributed by atoms with Crippen molar-refractivity contribution in [3.63, 3.8) is 0 Å². The summed E-state index contributed by atoms with van der Waals surface area (Å²) in [5.74, 6) is -0.380. The largest absolute Gasteiger partial charge is 0.497 e. The number of aromatic nitrogens is 1. The first-order chi connectivity index (χ1) is 10.8. The molecule has 0 radical (unpaired) electrons. The minimum atomic E-state index is -3.98. The van der Waals surface area contributed by atoms with E-state index in [4.69, 9.17) is 10.5 Å². The number of ether oxygens (including phenoxy) is 1. The summed E-state index contributed by atoms with van der Waals surface area (Å²) in [5.41, 5.74) is 6.05.